The van der Waals surface area contributed by atoms with Crippen molar-refractivity contribution in [3.8, 4) is 0 Å². The number of piperidine rings is 2. The lowest BCUT2D eigenvalue weighted by molar-refractivity contribution is 0.0509. The van der Waals surface area contributed by atoms with E-state index in [1.165, 1.54) is 36.6 Å². The average Bonchev–Trinajstić information content (AvgIpc) is 3.53. The van der Waals surface area contributed by atoms with E-state index in [4.69, 9.17) is 10.5 Å². The van der Waals surface area contributed by atoms with Crippen molar-refractivity contribution in [2.75, 3.05) is 39.3 Å². The number of rotatable bonds is 7. The smallest absolute Gasteiger partial charge is 0.407 e. The summed E-state index contributed by atoms with van der Waals surface area (Å²) in [4.78, 5) is 25.2. The Morgan fingerprint density at radius 1 is 1.09 bits per heavy atom. The van der Waals surface area contributed by atoms with Crippen LogP contribution in [0.5, 0.6) is 0 Å². The molecule has 4 heterocycles. The number of hydrogen-bond acceptors (Lipinski definition) is 9. The molecule has 0 radical (unpaired) electrons. The summed E-state index contributed by atoms with van der Waals surface area (Å²) < 4.78 is 5.25. The normalized spacial score (nSPS) is 18.6. The first-order chi connectivity index (χ1) is 16.8. The van der Waals surface area contributed by atoms with Crippen LogP contribution in [0.2, 0.25) is 0 Å². The zero-order valence-corrected chi connectivity index (χ0v) is 23.1. The molecule has 2 aromatic rings. The van der Waals surface area contributed by atoms with Gasteiger partial charge in [-0.3, -0.25) is 9.80 Å². The van der Waals surface area contributed by atoms with Gasteiger partial charge in [-0.25, -0.2) is 14.8 Å². The Hall–Kier alpha value is -1.59. The number of hydrogen-bond donors (Lipinski definition) is 2. The monoisotopic (exact) mass is 522 g/mol. The van der Waals surface area contributed by atoms with Crippen molar-refractivity contribution in [1.29, 1.82) is 0 Å². The van der Waals surface area contributed by atoms with Gasteiger partial charge in [0.15, 0.2) is 0 Å². The lowest BCUT2D eigenvalue weighted by atomic mass is 9.97. The van der Waals surface area contributed by atoms with Crippen molar-refractivity contribution >= 4 is 28.8 Å². The lowest BCUT2D eigenvalue weighted by Gasteiger charge is -2.31. The van der Waals surface area contributed by atoms with Crippen LogP contribution < -0.4 is 11.1 Å². The van der Waals surface area contributed by atoms with Crippen LogP contribution in [0.25, 0.3) is 0 Å². The van der Waals surface area contributed by atoms with Crippen molar-refractivity contribution in [3.05, 3.63) is 33.2 Å². The second kappa shape index (κ2) is 14.2. The highest BCUT2D eigenvalue weighted by atomic mass is 32.1. The summed E-state index contributed by atoms with van der Waals surface area (Å²) in [6, 6.07) is 0. The maximum atomic E-state index is 11.6. The van der Waals surface area contributed by atoms with Crippen molar-refractivity contribution in [2.45, 2.75) is 65.1 Å². The average molecular weight is 523 g/mol. The molecule has 0 atom stereocenters. The number of carbonyl (C=O) groups excluding carboxylic acids is 1. The first kappa shape index (κ1) is 28.0. The van der Waals surface area contributed by atoms with E-state index < -0.39 is 5.60 Å². The molecule has 4 rings (SSSR count). The summed E-state index contributed by atoms with van der Waals surface area (Å²) in [5, 5.41) is 8.21. The van der Waals surface area contributed by atoms with E-state index in [-0.39, 0.29) is 6.09 Å². The SMILES string of the molecule is CC(C)(C)OC(=O)NCC1CCN(Cc2nccs2)CC1.NCC1CCN(Cc2cscn2)CC1. The lowest BCUT2D eigenvalue weighted by Crippen LogP contribution is -2.40. The predicted molar refractivity (Wildman–Crippen MR) is 144 cm³/mol. The molecule has 3 N–H and O–H groups in total. The van der Waals surface area contributed by atoms with E-state index >= 15 is 0 Å². The molecular weight excluding hydrogens is 480 g/mol. The molecule has 0 bridgehead atoms. The highest BCUT2D eigenvalue weighted by Crippen LogP contribution is 2.20. The zero-order valence-electron chi connectivity index (χ0n) is 21.4. The third kappa shape index (κ3) is 10.9. The molecule has 2 aromatic heterocycles. The summed E-state index contributed by atoms with van der Waals surface area (Å²) in [5.41, 5.74) is 8.34. The topological polar surface area (TPSA) is 96.6 Å². The summed E-state index contributed by atoms with van der Waals surface area (Å²) in [6.45, 7) is 13.7. The largest absolute Gasteiger partial charge is 0.444 e. The molecule has 2 fully saturated rings. The molecule has 35 heavy (non-hydrogen) atoms. The Morgan fingerprint density at radius 2 is 1.74 bits per heavy atom. The van der Waals surface area contributed by atoms with Gasteiger partial charge in [0, 0.05) is 30.0 Å². The molecule has 0 aliphatic carbocycles. The number of nitrogens with two attached hydrogens (primary N) is 1. The maximum absolute atomic E-state index is 11.6. The molecule has 2 aliphatic rings. The van der Waals surface area contributed by atoms with Gasteiger partial charge < -0.3 is 15.8 Å². The van der Waals surface area contributed by atoms with Crippen LogP contribution in [0.3, 0.4) is 0 Å². The third-order valence-electron chi connectivity index (χ3n) is 6.39. The first-order valence-electron chi connectivity index (χ1n) is 12.7. The maximum Gasteiger partial charge on any atom is 0.407 e. The van der Waals surface area contributed by atoms with E-state index in [2.05, 4.69) is 30.5 Å². The number of thiazole rings is 2. The second-order valence-corrected chi connectivity index (χ2v) is 12.2. The van der Waals surface area contributed by atoms with Gasteiger partial charge in [-0.05, 0) is 91.0 Å². The number of carbonyl (C=O) groups is 1. The van der Waals surface area contributed by atoms with Crippen molar-refractivity contribution < 1.29 is 9.53 Å². The number of nitrogens with zero attached hydrogens (tertiary/aromatic N) is 4. The highest BCUT2D eigenvalue weighted by molar-refractivity contribution is 7.09. The number of amides is 1. The van der Waals surface area contributed by atoms with Gasteiger partial charge in [-0.2, -0.15) is 0 Å². The van der Waals surface area contributed by atoms with Crippen LogP contribution >= 0.6 is 22.7 Å². The van der Waals surface area contributed by atoms with Crippen LogP contribution in [0.15, 0.2) is 22.5 Å². The van der Waals surface area contributed by atoms with E-state index in [0.29, 0.717) is 12.5 Å². The number of nitrogens with one attached hydrogen (secondary N) is 1. The molecule has 0 aromatic carbocycles. The van der Waals surface area contributed by atoms with Gasteiger partial charge in [0.05, 0.1) is 17.7 Å². The molecule has 196 valence electrons. The minimum absolute atomic E-state index is 0.312. The number of likely N-dealkylation sites (tertiary alicyclic amines) is 2. The third-order valence-corrected chi connectivity index (χ3v) is 7.79. The van der Waals surface area contributed by atoms with E-state index in [1.807, 2.05) is 37.9 Å². The Labute approximate surface area is 218 Å². The van der Waals surface area contributed by atoms with Gasteiger partial charge >= 0.3 is 6.09 Å². The van der Waals surface area contributed by atoms with Gasteiger partial charge in [-0.1, -0.05) is 0 Å². The predicted octanol–water partition coefficient (Wildman–Crippen LogP) is 4.19. The number of alkyl carbamates (subject to hydrolysis) is 1. The Balaban J connectivity index is 0.000000211. The highest BCUT2D eigenvalue weighted by Gasteiger charge is 2.22. The van der Waals surface area contributed by atoms with Crippen molar-refractivity contribution in [1.82, 2.24) is 25.1 Å². The molecule has 2 saturated heterocycles. The molecular formula is C25H42N6O2S2. The quantitative estimate of drug-likeness (QED) is 0.563. The first-order valence-corrected chi connectivity index (χ1v) is 14.5. The Kier molecular flexibility index (Phi) is 11.4. The molecule has 8 nitrogen and oxygen atoms in total. The molecule has 1 amide bonds. The van der Waals surface area contributed by atoms with Gasteiger partial charge in [0.1, 0.15) is 10.6 Å². The fraction of sp³-hybridized carbons (Fsp3) is 0.720. The van der Waals surface area contributed by atoms with Gasteiger partial charge in [0.2, 0.25) is 0 Å². The second-order valence-electron chi connectivity index (χ2n) is 10.5. The van der Waals surface area contributed by atoms with Crippen LogP contribution in [0.4, 0.5) is 4.79 Å². The van der Waals surface area contributed by atoms with Crippen molar-refractivity contribution in [2.24, 2.45) is 17.6 Å². The fourth-order valence-electron chi connectivity index (χ4n) is 4.34. The minimum atomic E-state index is -0.429. The summed E-state index contributed by atoms with van der Waals surface area (Å²) in [6.07, 6.45) is 6.27. The van der Waals surface area contributed by atoms with Gasteiger partial charge in [0.25, 0.3) is 0 Å². The number of ether oxygens (including phenoxy) is 1. The summed E-state index contributed by atoms with van der Waals surface area (Å²) in [7, 11) is 0. The Morgan fingerprint density at radius 3 is 2.29 bits per heavy atom. The Bertz CT molecular complexity index is 825. The molecule has 0 spiro atoms. The minimum Gasteiger partial charge on any atom is -0.444 e. The molecule has 10 heteroatoms. The van der Waals surface area contributed by atoms with E-state index in [0.717, 1.165) is 51.5 Å². The summed E-state index contributed by atoms with van der Waals surface area (Å²) in [5.74, 6) is 1.30. The van der Waals surface area contributed by atoms with E-state index in [1.54, 1.807) is 22.7 Å². The van der Waals surface area contributed by atoms with Crippen LogP contribution in [0.1, 0.15) is 57.2 Å². The fourth-order valence-corrected chi connectivity index (χ4v) is 5.55. The van der Waals surface area contributed by atoms with E-state index in [9.17, 15) is 4.79 Å². The summed E-state index contributed by atoms with van der Waals surface area (Å²) >= 11 is 3.39. The van der Waals surface area contributed by atoms with Crippen molar-refractivity contribution in [3.63, 3.8) is 0 Å². The van der Waals surface area contributed by atoms with Crippen LogP contribution in [-0.4, -0.2) is 70.7 Å². The van der Waals surface area contributed by atoms with Gasteiger partial charge in [-0.15, -0.1) is 22.7 Å². The van der Waals surface area contributed by atoms with Crippen LogP contribution in [-0.2, 0) is 17.8 Å². The molecule has 0 saturated carbocycles. The van der Waals surface area contributed by atoms with Crippen LogP contribution in [0, 0.1) is 11.8 Å². The molecule has 0 unspecified atom stereocenters. The standard InChI is InChI=1S/C15H25N3O2S.C10H17N3S/c1-15(2,3)20-14(19)17-10-12-4-7-18(8-5-12)11-13-16-6-9-21-13;11-5-9-1-3-13(4-2-9)6-10-7-14-8-12-10/h6,9,12H,4-5,7-8,10-11H2,1-3H3,(H,17,19);7-9H,1-6,11H2. The molecule has 2 aliphatic heterocycles. The zero-order chi connectivity index (χ0) is 25.1. The number of aromatic nitrogens is 2.